The van der Waals surface area contributed by atoms with Gasteiger partial charge >= 0.3 is 0 Å². The van der Waals surface area contributed by atoms with E-state index in [1.165, 1.54) is 6.42 Å². The third kappa shape index (κ3) is 3.45. The lowest BCUT2D eigenvalue weighted by Crippen LogP contribution is -2.54. The summed E-state index contributed by atoms with van der Waals surface area (Å²) in [7, 11) is 2.03. The van der Waals surface area contributed by atoms with Crippen LogP contribution in [0.25, 0.3) is 0 Å². The highest BCUT2D eigenvalue weighted by molar-refractivity contribution is 5.78. The highest BCUT2D eigenvalue weighted by atomic mass is 16.2. The number of hydrogen-bond donors (Lipinski definition) is 1. The molecule has 0 spiro atoms. The molecule has 1 fully saturated rings. The van der Waals surface area contributed by atoms with Gasteiger partial charge in [-0.05, 0) is 39.2 Å². The molecule has 0 unspecified atom stereocenters. The van der Waals surface area contributed by atoms with E-state index in [1.807, 2.05) is 11.9 Å². The predicted molar refractivity (Wildman–Crippen MR) is 75.4 cm³/mol. The van der Waals surface area contributed by atoms with Gasteiger partial charge < -0.3 is 10.6 Å². The van der Waals surface area contributed by atoms with Crippen molar-refractivity contribution in [2.24, 2.45) is 5.73 Å². The Kier molecular flexibility index (Phi) is 6.09. The van der Waals surface area contributed by atoms with Crippen LogP contribution in [0.1, 0.15) is 46.0 Å². The molecule has 0 aromatic heterocycles. The second kappa shape index (κ2) is 7.10. The molecule has 0 aromatic carbocycles. The highest BCUT2D eigenvalue weighted by Crippen LogP contribution is 2.21. The zero-order valence-electron chi connectivity index (χ0n) is 12.2. The van der Waals surface area contributed by atoms with Crippen LogP contribution in [0.2, 0.25) is 0 Å². The number of likely N-dealkylation sites (tertiary alicyclic amines) is 1. The first-order valence-electron chi connectivity index (χ1n) is 7.28. The molecular weight excluding hydrogens is 226 g/mol. The molecule has 0 radical (unpaired) electrons. The van der Waals surface area contributed by atoms with Gasteiger partial charge in [-0.25, -0.2) is 0 Å². The first kappa shape index (κ1) is 15.4. The molecule has 4 heteroatoms. The van der Waals surface area contributed by atoms with Crippen LogP contribution in [0.4, 0.5) is 0 Å². The van der Waals surface area contributed by atoms with E-state index in [4.69, 9.17) is 5.73 Å². The second-order valence-corrected chi connectivity index (χ2v) is 5.43. The molecule has 1 amide bonds. The first-order valence-corrected chi connectivity index (χ1v) is 7.28. The van der Waals surface area contributed by atoms with E-state index in [0.29, 0.717) is 13.1 Å². The molecule has 0 atom stereocenters. The molecule has 4 nitrogen and oxygen atoms in total. The van der Waals surface area contributed by atoms with Crippen LogP contribution in [0.3, 0.4) is 0 Å². The summed E-state index contributed by atoms with van der Waals surface area (Å²) in [4.78, 5) is 16.4. The Bertz CT molecular complexity index is 250. The van der Waals surface area contributed by atoms with E-state index in [2.05, 4.69) is 18.7 Å². The quantitative estimate of drug-likeness (QED) is 0.781. The Morgan fingerprint density at radius 2 is 1.78 bits per heavy atom. The minimum absolute atomic E-state index is 0.0224. The van der Waals surface area contributed by atoms with Gasteiger partial charge in [0, 0.05) is 25.2 Å². The summed E-state index contributed by atoms with van der Waals surface area (Å²) in [5.41, 5.74) is 5.89. The highest BCUT2D eigenvalue weighted by Gasteiger charge is 2.31. The molecule has 2 N–H and O–H groups in total. The van der Waals surface area contributed by atoms with Crippen molar-refractivity contribution in [2.75, 3.05) is 33.2 Å². The van der Waals surface area contributed by atoms with Crippen LogP contribution in [0.15, 0.2) is 0 Å². The van der Waals surface area contributed by atoms with E-state index in [1.54, 1.807) is 0 Å². The number of rotatable bonds is 6. The normalized spacial score (nSPS) is 17.3. The second-order valence-electron chi connectivity index (χ2n) is 5.43. The minimum Gasteiger partial charge on any atom is -0.342 e. The summed E-state index contributed by atoms with van der Waals surface area (Å²) in [6.45, 7) is 7.28. The zero-order chi connectivity index (χ0) is 13.6. The summed E-state index contributed by atoms with van der Waals surface area (Å²) in [5, 5.41) is 0. The Morgan fingerprint density at radius 3 is 2.22 bits per heavy atom. The van der Waals surface area contributed by atoms with Crippen molar-refractivity contribution in [2.45, 2.75) is 51.5 Å². The van der Waals surface area contributed by atoms with Crippen LogP contribution in [0, 0.1) is 0 Å². The lowest BCUT2D eigenvalue weighted by molar-refractivity contribution is -0.134. The Labute approximate surface area is 111 Å². The lowest BCUT2D eigenvalue weighted by Gasteiger charge is -2.40. The molecule has 1 rings (SSSR count). The maximum absolute atomic E-state index is 12.2. The van der Waals surface area contributed by atoms with E-state index >= 15 is 0 Å². The van der Waals surface area contributed by atoms with Crippen molar-refractivity contribution in [3.63, 3.8) is 0 Å². The summed E-state index contributed by atoms with van der Waals surface area (Å²) >= 11 is 0. The largest absolute Gasteiger partial charge is 0.342 e. The van der Waals surface area contributed by atoms with Crippen LogP contribution in [-0.2, 0) is 4.79 Å². The topological polar surface area (TPSA) is 49.6 Å². The first-order chi connectivity index (χ1) is 8.59. The van der Waals surface area contributed by atoms with Crippen molar-refractivity contribution >= 4 is 5.91 Å². The maximum Gasteiger partial charge on any atom is 0.236 e. The molecule has 18 heavy (non-hydrogen) atoms. The van der Waals surface area contributed by atoms with Crippen LogP contribution < -0.4 is 5.73 Å². The van der Waals surface area contributed by atoms with Crippen LogP contribution in [0.5, 0.6) is 0 Å². The zero-order valence-corrected chi connectivity index (χ0v) is 12.2. The third-order valence-electron chi connectivity index (χ3n) is 4.59. The van der Waals surface area contributed by atoms with Crippen molar-refractivity contribution in [3.05, 3.63) is 0 Å². The standard InChI is InChI=1S/C14H29N3O/c1-4-14(5-2,12-15)16(3)11-13(18)17-9-7-6-8-10-17/h4-12,15H2,1-3H3. The van der Waals surface area contributed by atoms with Gasteiger partial charge in [0.15, 0.2) is 0 Å². The summed E-state index contributed by atoms with van der Waals surface area (Å²) in [5.74, 6) is 0.261. The Balaban J connectivity index is 2.56. The van der Waals surface area contributed by atoms with Crippen molar-refractivity contribution in [3.8, 4) is 0 Å². The number of amides is 1. The van der Waals surface area contributed by atoms with Gasteiger partial charge in [-0.15, -0.1) is 0 Å². The number of nitrogens with two attached hydrogens (primary N) is 1. The number of likely N-dealkylation sites (N-methyl/N-ethyl adjacent to an activating group) is 1. The minimum atomic E-state index is -0.0224. The molecule has 1 saturated heterocycles. The van der Waals surface area contributed by atoms with Gasteiger partial charge in [-0.3, -0.25) is 9.69 Å². The fraction of sp³-hybridized carbons (Fsp3) is 0.929. The van der Waals surface area contributed by atoms with Crippen molar-refractivity contribution < 1.29 is 4.79 Å². The molecule has 1 aliphatic heterocycles. The van der Waals surface area contributed by atoms with Gasteiger partial charge in [0.05, 0.1) is 6.54 Å². The van der Waals surface area contributed by atoms with Crippen molar-refractivity contribution in [1.82, 2.24) is 9.80 Å². The van der Waals surface area contributed by atoms with Gasteiger partial charge in [-0.1, -0.05) is 13.8 Å². The number of carbonyl (C=O) groups is 1. The molecule has 0 aromatic rings. The van der Waals surface area contributed by atoms with E-state index in [9.17, 15) is 4.79 Å². The number of piperidine rings is 1. The molecular formula is C14H29N3O. The molecule has 1 heterocycles. The van der Waals surface area contributed by atoms with Gasteiger partial charge in [0.1, 0.15) is 0 Å². The van der Waals surface area contributed by atoms with Gasteiger partial charge in [-0.2, -0.15) is 0 Å². The molecule has 0 aliphatic carbocycles. The number of carbonyl (C=O) groups excluding carboxylic acids is 1. The summed E-state index contributed by atoms with van der Waals surface area (Å²) in [6.07, 6.45) is 5.54. The number of nitrogens with zero attached hydrogens (tertiary/aromatic N) is 2. The summed E-state index contributed by atoms with van der Waals surface area (Å²) < 4.78 is 0. The number of hydrogen-bond acceptors (Lipinski definition) is 3. The van der Waals surface area contributed by atoms with Crippen molar-refractivity contribution in [1.29, 1.82) is 0 Å². The fourth-order valence-corrected chi connectivity index (χ4v) is 2.85. The van der Waals surface area contributed by atoms with Crippen LogP contribution in [-0.4, -0.2) is 54.5 Å². The fourth-order valence-electron chi connectivity index (χ4n) is 2.85. The Morgan fingerprint density at radius 1 is 1.22 bits per heavy atom. The molecule has 0 bridgehead atoms. The van der Waals surface area contributed by atoms with Gasteiger partial charge in [0.25, 0.3) is 0 Å². The smallest absolute Gasteiger partial charge is 0.236 e. The molecule has 0 saturated carbocycles. The average Bonchev–Trinajstić information content (AvgIpc) is 2.42. The predicted octanol–water partition coefficient (Wildman–Crippen LogP) is 1.45. The monoisotopic (exact) mass is 255 g/mol. The van der Waals surface area contributed by atoms with E-state index < -0.39 is 0 Å². The summed E-state index contributed by atoms with van der Waals surface area (Å²) in [6, 6.07) is 0. The van der Waals surface area contributed by atoms with E-state index in [0.717, 1.165) is 38.8 Å². The van der Waals surface area contributed by atoms with Gasteiger partial charge in [0.2, 0.25) is 5.91 Å². The maximum atomic E-state index is 12.2. The molecule has 106 valence electrons. The van der Waals surface area contributed by atoms with Crippen LogP contribution >= 0.6 is 0 Å². The lowest BCUT2D eigenvalue weighted by atomic mass is 9.91. The third-order valence-corrected chi connectivity index (χ3v) is 4.59. The SMILES string of the molecule is CCC(CC)(CN)N(C)CC(=O)N1CCCCC1. The molecule has 1 aliphatic rings. The average molecular weight is 255 g/mol. The van der Waals surface area contributed by atoms with E-state index in [-0.39, 0.29) is 11.4 Å². The Hall–Kier alpha value is -0.610.